The number of amides is 3. The Labute approximate surface area is 168 Å². The summed E-state index contributed by atoms with van der Waals surface area (Å²) >= 11 is 6.83. The number of halogens is 2. The van der Waals surface area contributed by atoms with Gasteiger partial charge in [-0.1, -0.05) is 65.5 Å². The van der Waals surface area contributed by atoms with E-state index in [4.69, 9.17) is 0 Å². The molecule has 0 radical (unpaired) electrons. The average molecular weight is 484 g/mol. The van der Waals surface area contributed by atoms with E-state index in [2.05, 4.69) is 56.3 Å². The molecule has 0 saturated heterocycles. The maximum absolute atomic E-state index is 12.3. The molecule has 0 rings (SSSR count). The summed E-state index contributed by atoms with van der Waals surface area (Å²) in [5.74, 6) is -0.352. The van der Waals surface area contributed by atoms with Crippen molar-refractivity contribution >= 4 is 49.6 Å². The molecule has 0 saturated carbocycles. The van der Waals surface area contributed by atoms with Crippen LogP contribution in [-0.2, 0) is 14.4 Å². The standard InChI is InChI=1S/C18H32Br2N2O3/c1-4-7-13(11-19)9-16(23)21-15(6-3)18(25)22-17(24)10-14(12-20)8-5-2/h13-15H,4-12H2,1-3H3,(H,21,23)(H,22,24,25)/t13-,14-,15+/m1/s1. The fourth-order valence-electron chi connectivity index (χ4n) is 2.69. The number of carbonyl (C=O) groups excluding carboxylic acids is 3. The molecule has 0 spiro atoms. The first kappa shape index (κ1) is 24.6. The Morgan fingerprint density at radius 3 is 1.72 bits per heavy atom. The lowest BCUT2D eigenvalue weighted by molar-refractivity contribution is -0.134. The summed E-state index contributed by atoms with van der Waals surface area (Å²) in [5, 5.41) is 6.69. The summed E-state index contributed by atoms with van der Waals surface area (Å²) in [6, 6.07) is -0.664. The van der Waals surface area contributed by atoms with Crippen molar-refractivity contribution in [3.05, 3.63) is 0 Å². The minimum Gasteiger partial charge on any atom is -0.344 e. The average Bonchev–Trinajstić information content (AvgIpc) is 2.58. The predicted octanol–water partition coefficient (Wildman–Crippen LogP) is 3.93. The van der Waals surface area contributed by atoms with Gasteiger partial charge in [0.05, 0.1) is 0 Å². The summed E-state index contributed by atoms with van der Waals surface area (Å²) in [6.07, 6.45) is 5.07. The maximum Gasteiger partial charge on any atom is 0.249 e. The Hall–Kier alpha value is -0.430. The van der Waals surface area contributed by atoms with Crippen LogP contribution in [0.4, 0.5) is 0 Å². The van der Waals surface area contributed by atoms with Gasteiger partial charge in [0.25, 0.3) is 0 Å². The van der Waals surface area contributed by atoms with E-state index in [1.807, 2.05) is 6.92 Å². The van der Waals surface area contributed by atoms with E-state index in [-0.39, 0.29) is 23.7 Å². The Morgan fingerprint density at radius 2 is 1.32 bits per heavy atom. The van der Waals surface area contributed by atoms with Crippen molar-refractivity contribution in [3.63, 3.8) is 0 Å². The molecule has 0 aromatic heterocycles. The molecule has 5 nitrogen and oxygen atoms in total. The minimum absolute atomic E-state index is 0.142. The molecule has 0 unspecified atom stereocenters. The van der Waals surface area contributed by atoms with Crippen molar-refractivity contribution in [1.82, 2.24) is 10.6 Å². The third-order valence-electron chi connectivity index (χ3n) is 4.10. The number of imide groups is 1. The molecule has 7 heteroatoms. The highest BCUT2D eigenvalue weighted by Crippen LogP contribution is 2.15. The number of rotatable bonds is 13. The highest BCUT2D eigenvalue weighted by Gasteiger charge is 2.23. The van der Waals surface area contributed by atoms with Gasteiger partial charge in [0.2, 0.25) is 17.7 Å². The molecule has 3 amide bonds. The fourth-order valence-corrected chi connectivity index (χ4v) is 3.80. The van der Waals surface area contributed by atoms with E-state index in [0.717, 1.165) is 36.3 Å². The topological polar surface area (TPSA) is 75.3 Å². The second kappa shape index (κ2) is 14.7. The van der Waals surface area contributed by atoms with Crippen molar-refractivity contribution in [3.8, 4) is 0 Å². The monoisotopic (exact) mass is 482 g/mol. The Morgan fingerprint density at radius 1 is 0.840 bits per heavy atom. The lowest BCUT2D eigenvalue weighted by Gasteiger charge is -2.19. The van der Waals surface area contributed by atoms with Crippen LogP contribution in [0.15, 0.2) is 0 Å². The highest BCUT2D eigenvalue weighted by molar-refractivity contribution is 9.09. The molecule has 0 aromatic carbocycles. The minimum atomic E-state index is -0.664. The quantitative estimate of drug-likeness (QED) is 0.389. The first-order valence-corrected chi connectivity index (χ1v) is 11.4. The zero-order valence-electron chi connectivity index (χ0n) is 15.6. The lowest BCUT2D eigenvalue weighted by atomic mass is 10.0. The molecular weight excluding hydrogens is 452 g/mol. The van der Waals surface area contributed by atoms with Crippen LogP contribution in [0.5, 0.6) is 0 Å². The SMILES string of the molecule is CCC[C@@H](CBr)CC(=O)NC(=O)[C@H](CC)NC(=O)C[C@H](CBr)CCC. The molecule has 0 bridgehead atoms. The van der Waals surface area contributed by atoms with E-state index in [9.17, 15) is 14.4 Å². The van der Waals surface area contributed by atoms with Gasteiger partial charge in [-0.25, -0.2) is 0 Å². The van der Waals surface area contributed by atoms with Crippen LogP contribution in [0.2, 0.25) is 0 Å². The zero-order valence-corrected chi connectivity index (χ0v) is 18.7. The van der Waals surface area contributed by atoms with Crippen LogP contribution in [0.3, 0.4) is 0 Å². The molecule has 0 heterocycles. The zero-order chi connectivity index (χ0) is 19.2. The van der Waals surface area contributed by atoms with Gasteiger partial charge in [-0.2, -0.15) is 0 Å². The fraction of sp³-hybridized carbons (Fsp3) is 0.833. The first-order chi connectivity index (χ1) is 11.9. The van der Waals surface area contributed by atoms with E-state index >= 15 is 0 Å². The maximum atomic E-state index is 12.3. The van der Waals surface area contributed by atoms with Gasteiger partial charge < -0.3 is 5.32 Å². The second-order valence-corrected chi connectivity index (χ2v) is 7.76. The van der Waals surface area contributed by atoms with E-state index in [1.54, 1.807) is 0 Å². The third-order valence-corrected chi connectivity index (χ3v) is 5.93. The Kier molecular flexibility index (Phi) is 14.5. The Bertz CT molecular complexity index is 419. The lowest BCUT2D eigenvalue weighted by Crippen LogP contribution is -2.48. The summed E-state index contributed by atoms with van der Waals surface area (Å²) < 4.78 is 0. The van der Waals surface area contributed by atoms with Crippen molar-refractivity contribution in [2.24, 2.45) is 11.8 Å². The third kappa shape index (κ3) is 11.0. The van der Waals surface area contributed by atoms with E-state index in [1.165, 1.54) is 0 Å². The molecule has 0 aromatic rings. The smallest absolute Gasteiger partial charge is 0.249 e. The van der Waals surface area contributed by atoms with Crippen molar-refractivity contribution in [2.75, 3.05) is 10.7 Å². The van der Waals surface area contributed by atoms with Gasteiger partial charge >= 0.3 is 0 Å². The van der Waals surface area contributed by atoms with E-state index in [0.29, 0.717) is 19.3 Å². The molecule has 2 N–H and O–H groups in total. The van der Waals surface area contributed by atoms with E-state index < -0.39 is 11.9 Å². The molecule has 3 atom stereocenters. The molecule has 25 heavy (non-hydrogen) atoms. The summed E-state index contributed by atoms with van der Waals surface area (Å²) in [5.41, 5.74) is 0. The van der Waals surface area contributed by atoms with Crippen LogP contribution in [-0.4, -0.2) is 34.4 Å². The number of carbonyl (C=O) groups is 3. The van der Waals surface area contributed by atoms with Gasteiger partial charge in [-0.05, 0) is 31.1 Å². The largest absolute Gasteiger partial charge is 0.344 e. The summed E-state index contributed by atoms with van der Waals surface area (Å²) in [6.45, 7) is 5.97. The van der Waals surface area contributed by atoms with Crippen LogP contribution < -0.4 is 10.6 Å². The van der Waals surface area contributed by atoms with Crippen LogP contribution in [0, 0.1) is 11.8 Å². The molecule has 0 aliphatic carbocycles. The van der Waals surface area contributed by atoms with Gasteiger partial charge in [-0.15, -0.1) is 0 Å². The van der Waals surface area contributed by atoms with Gasteiger partial charge in [-0.3, -0.25) is 19.7 Å². The van der Waals surface area contributed by atoms with Crippen LogP contribution in [0.25, 0.3) is 0 Å². The second-order valence-electron chi connectivity index (χ2n) is 6.47. The van der Waals surface area contributed by atoms with Gasteiger partial charge in [0.1, 0.15) is 6.04 Å². The molecule has 0 fully saturated rings. The first-order valence-electron chi connectivity index (χ1n) is 9.16. The van der Waals surface area contributed by atoms with Crippen molar-refractivity contribution < 1.29 is 14.4 Å². The Balaban J connectivity index is 4.50. The number of nitrogens with one attached hydrogen (secondary N) is 2. The number of alkyl halides is 2. The van der Waals surface area contributed by atoms with Crippen LogP contribution in [0.1, 0.15) is 65.7 Å². The molecule has 0 aliphatic rings. The number of hydrogen-bond donors (Lipinski definition) is 2. The summed E-state index contributed by atoms with van der Waals surface area (Å²) in [7, 11) is 0. The van der Waals surface area contributed by atoms with Gasteiger partial charge in [0.15, 0.2) is 0 Å². The normalized spacial score (nSPS) is 14.4. The van der Waals surface area contributed by atoms with Crippen LogP contribution >= 0.6 is 31.9 Å². The highest BCUT2D eigenvalue weighted by atomic mass is 79.9. The molecule has 0 aliphatic heterocycles. The predicted molar refractivity (Wildman–Crippen MR) is 109 cm³/mol. The molecular formula is C18H32Br2N2O3. The molecule has 146 valence electrons. The summed E-state index contributed by atoms with van der Waals surface area (Å²) in [4.78, 5) is 36.5. The van der Waals surface area contributed by atoms with Crippen molar-refractivity contribution in [2.45, 2.75) is 71.8 Å². The van der Waals surface area contributed by atoms with Crippen molar-refractivity contribution in [1.29, 1.82) is 0 Å². The number of hydrogen-bond acceptors (Lipinski definition) is 3. The van der Waals surface area contributed by atoms with Gasteiger partial charge in [0, 0.05) is 23.5 Å².